The van der Waals surface area contributed by atoms with E-state index >= 15 is 0 Å². The van der Waals surface area contributed by atoms with E-state index in [1.807, 2.05) is 6.07 Å². The lowest BCUT2D eigenvalue weighted by Gasteiger charge is -2.34. The van der Waals surface area contributed by atoms with Gasteiger partial charge in [-0.2, -0.15) is 8.78 Å². The monoisotopic (exact) mass is 1150 g/mol. The Hall–Kier alpha value is -8.51. The molecule has 7 N–H and O–H groups in total. The standard InChI is InChI=1S/C60H59F2N8O12P/c61-60(62,83(80,81)82)41-17-19-45-39(29-41)28-40(32-64-45)54(74)66-47-18-16-37-13-6-14-38-30-49(70(53(37)38)59(47)79)56(76)65-46(20-22-51(63)72)50(71)31-43(35-9-2-1-3-10-35)57(77)68-26-24-34(25-27-68)8-4-5-11-36-12-7-15-42-44(36)33-69(58(42)78)48-21-23-52(73)67-55(48)75/h1-3,6-7,9-10,12-15,17,19,28-29,32,34,43,46-49H,4,8,16,18,20-27,30-31,33H2,(H2,63,72)(H,65,76)(H,66,74)(H,67,73,75)(H2,80,81,82)/t43-,46-,47-,48?,49-/m0/s1. The van der Waals surface area contributed by atoms with Crippen molar-refractivity contribution in [3.8, 4) is 11.8 Å². The summed E-state index contributed by atoms with van der Waals surface area (Å²) in [5.74, 6) is 0.878. The molecule has 5 aliphatic rings. The molecule has 0 spiro atoms. The van der Waals surface area contributed by atoms with Crippen molar-refractivity contribution < 1.29 is 66.3 Å². The number of nitrogens with zero attached hydrogens (tertiary/aromatic N) is 4. The van der Waals surface area contributed by atoms with Gasteiger partial charge in [-0.25, -0.2) is 0 Å². The van der Waals surface area contributed by atoms with Crippen LogP contribution in [0.15, 0.2) is 97.2 Å². The number of rotatable bonds is 17. The third kappa shape index (κ3) is 12.1. The van der Waals surface area contributed by atoms with Crippen LogP contribution in [0, 0.1) is 17.8 Å². The molecule has 5 aromatic rings. The fourth-order valence-electron chi connectivity index (χ4n) is 11.9. The summed E-state index contributed by atoms with van der Waals surface area (Å²) in [5, 5.41) is 7.79. The van der Waals surface area contributed by atoms with Crippen LogP contribution in [0.4, 0.5) is 14.5 Å². The van der Waals surface area contributed by atoms with Crippen LogP contribution in [-0.4, -0.2) is 115 Å². The quantitative estimate of drug-likeness (QED) is 0.0415. The molecule has 430 valence electrons. The first-order valence-corrected chi connectivity index (χ1v) is 29.1. The topological polar surface area (TPSA) is 296 Å². The molecule has 1 aromatic heterocycles. The number of para-hydroxylation sites is 1. The van der Waals surface area contributed by atoms with Crippen molar-refractivity contribution in [2.24, 2.45) is 11.7 Å². The largest absolute Gasteiger partial charge is 0.399 e. The van der Waals surface area contributed by atoms with E-state index in [-0.39, 0.29) is 91.6 Å². The number of aromatic nitrogens is 1. The molecule has 10 rings (SSSR count). The summed E-state index contributed by atoms with van der Waals surface area (Å²) in [7, 11) is -5.91. The fraction of sp³-hybridized carbons (Fsp3) is 0.367. The van der Waals surface area contributed by atoms with Crippen molar-refractivity contribution in [2.45, 2.75) is 119 Å². The van der Waals surface area contributed by atoms with E-state index in [1.54, 1.807) is 65.6 Å². The molecule has 1 unspecified atom stereocenters. The second kappa shape index (κ2) is 23.8. The summed E-state index contributed by atoms with van der Waals surface area (Å²) in [6.45, 7) is 1.05. The van der Waals surface area contributed by atoms with Gasteiger partial charge in [0.2, 0.25) is 35.4 Å². The number of Topliss-reactive ketones (excluding diaryl/α,β-unsaturated/α-hetero) is 1. The molecule has 2 saturated heterocycles. The molecule has 20 nitrogen and oxygen atoms in total. The number of likely N-dealkylation sites (tertiary alicyclic amines) is 1. The van der Waals surface area contributed by atoms with E-state index < -0.39 is 84.2 Å². The van der Waals surface area contributed by atoms with Crippen LogP contribution in [0.5, 0.6) is 0 Å². The summed E-state index contributed by atoms with van der Waals surface area (Å²) in [6, 6.07) is 18.9. The number of hydrogen-bond donors (Lipinski definition) is 6. The molecule has 0 radical (unpaired) electrons. The Morgan fingerprint density at radius 2 is 1.64 bits per heavy atom. The number of piperidine rings is 2. The summed E-state index contributed by atoms with van der Waals surface area (Å²) in [4.78, 5) is 150. The Morgan fingerprint density at radius 1 is 0.892 bits per heavy atom. The van der Waals surface area contributed by atoms with Crippen LogP contribution in [0.25, 0.3) is 10.9 Å². The number of ketones is 1. The summed E-state index contributed by atoms with van der Waals surface area (Å²) in [6.07, 6.45) is 3.81. The van der Waals surface area contributed by atoms with Crippen LogP contribution < -0.4 is 26.6 Å². The van der Waals surface area contributed by atoms with E-state index in [9.17, 15) is 66.3 Å². The fourth-order valence-corrected chi connectivity index (χ4v) is 12.3. The number of nitrogens with two attached hydrogens (primary N) is 1. The molecule has 5 atom stereocenters. The lowest BCUT2D eigenvalue weighted by molar-refractivity contribution is -0.137. The molecule has 0 aliphatic carbocycles. The van der Waals surface area contributed by atoms with Crippen LogP contribution in [0.2, 0.25) is 0 Å². The number of primary amides is 1. The van der Waals surface area contributed by atoms with Crippen molar-refractivity contribution in [2.75, 3.05) is 18.0 Å². The molecule has 5 aliphatic heterocycles. The second-order valence-electron chi connectivity index (χ2n) is 21.7. The molecule has 0 saturated carbocycles. The number of amides is 8. The smallest absolute Gasteiger partial charge is 0.370 e. The molecule has 6 heterocycles. The maximum absolute atomic E-state index is 14.7. The minimum atomic E-state index is -5.91. The molecule has 23 heteroatoms. The first-order valence-electron chi connectivity index (χ1n) is 27.5. The highest BCUT2D eigenvalue weighted by Gasteiger charge is 2.51. The van der Waals surface area contributed by atoms with E-state index in [4.69, 9.17) is 5.73 Å². The number of halogens is 2. The van der Waals surface area contributed by atoms with Gasteiger partial charge in [-0.15, -0.1) is 0 Å². The maximum atomic E-state index is 14.7. The molecule has 4 aromatic carbocycles. The lowest BCUT2D eigenvalue weighted by atomic mass is 9.87. The number of benzene rings is 4. The van der Waals surface area contributed by atoms with E-state index in [1.165, 1.54) is 15.9 Å². The van der Waals surface area contributed by atoms with Gasteiger partial charge in [-0.1, -0.05) is 72.5 Å². The molecule has 0 bridgehead atoms. The van der Waals surface area contributed by atoms with Crippen molar-refractivity contribution in [1.29, 1.82) is 0 Å². The lowest BCUT2D eigenvalue weighted by Crippen LogP contribution is -2.56. The summed E-state index contributed by atoms with van der Waals surface area (Å²) in [5.41, 5.74) is 4.40. The Labute approximate surface area is 475 Å². The first-order chi connectivity index (χ1) is 39.7. The van der Waals surface area contributed by atoms with Crippen molar-refractivity contribution in [1.82, 2.24) is 30.7 Å². The third-order valence-corrected chi connectivity index (χ3v) is 17.4. The molecule has 2 fully saturated rings. The van der Waals surface area contributed by atoms with Gasteiger partial charge in [-0.05, 0) is 103 Å². The Balaban J connectivity index is 0.791. The van der Waals surface area contributed by atoms with E-state index in [2.05, 4.69) is 32.8 Å². The Bertz CT molecular complexity index is 3610. The zero-order valence-electron chi connectivity index (χ0n) is 44.9. The zero-order valence-corrected chi connectivity index (χ0v) is 45.7. The van der Waals surface area contributed by atoms with Crippen LogP contribution in [0.1, 0.15) is 124 Å². The maximum Gasteiger partial charge on any atom is 0.399 e. The van der Waals surface area contributed by atoms with E-state index in [0.29, 0.717) is 72.3 Å². The number of imide groups is 1. The Kier molecular flexibility index (Phi) is 16.5. The average molecular weight is 1150 g/mol. The summed E-state index contributed by atoms with van der Waals surface area (Å²) >= 11 is 0. The van der Waals surface area contributed by atoms with Gasteiger partial charge in [0.15, 0.2) is 5.78 Å². The third-order valence-electron chi connectivity index (χ3n) is 16.4. The highest BCUT2D eigenvalue weighted by atomic mass is 31.2. The van der Waals surface area contributed by atoms with Crippen LogP contribution in [0.3, 0.4) is 0 Å². The van der Waals surface area contributed by atoms with Gasteiger partial charge in [0, 0.05) is 80.0 Å². The van der Waals surface area contributed by atoms with Gasteiger partial charge in [0.25, 0.3) is 11.8 Å². The predicted octanol–water partition coefficient (Wildman–Crippen LogP) is 4.79. The Morgan fingerprint density at radius 3 is 2.37 bits per heavy atom. The highest BCUT2D eigenvalue weighted by Crippen LogP contribution is 2.59. The number of carbonyl (C=O) groups is 9. The molecule has 8 amide bonds. The number of carbonyl (C=O) groups excluding carboxylic acids is 9. The van der Waals surface area contributed by atoms with E-state index in [0.717, 1.165) is 36.4 Å². The minimum Gasteiger partial charge on any atom is -0.370 e. The zero-order chi connectivity index (χ0) is 58.9. The number of fused-ring (bicyclic) bond motifs is 2. The van der Waals surface area contributed by atoms with Crippen molar-refractivity contribution >= 4 is 77.2 Å². The molecular formula is C60H59F2N8O12P. The normalized spacial score (nSPS) is 19.7. The second-order valence-corrected chi connectivity index (χ2v) is 23.3. The van der Waals surface area contributed by atoms with Crippen molar-refractivity contribution in [3.05, 3.63) is 142 Å². The number of pyridine rings is 1. The summed E-state index contributed by atoms with van der Waals surface area (Å²) < 4.78 is 40.9. The number of nitrogens with one attached hydrogen (secondary N) is 3. The molecular weight excluding hydrogens is 1090 g/mol. The van der Waals surface area contributed by atoms with Crippen LogP contribution in [-0.2, 0) is 63.2 Å². The SMILES string of the molecule is NC(=O)CC[C@H](NC(=O)[C@@H]1Cc2cccc3c2N1C(=O)[C@@H](NC(=O)c1cnc2ccc(C(F)(F)P(=O)(O)O)cc2c1)CC3)C(=O)C[C@H](C(=O)N1CCC(CCC#Cc2cccc3c2CN(C2CCC(=O)NC2=O)C3=O)CC1)c1ccccc1. The van der Waals surface area contributed by atoms with Gasteiger partial charge >= 0.3 is 13.3 Å². The minimum absolute atomic E-state index is 0.0294. The van der Waals surface area contributed by atoms with Gasteiger partial charge in [-0.3, -0.25) is 62.9 Å². The number of aryl methyl sites for hydroxylation is 1. The van der Waals surface area contributed by atoms with Gasteiger partial charge in [0.05, 0.1) is 28.7 Å². The number of alkyl halides is 2. The van der Waals surface area contributed by atoms with Gasteiger partial charge in [0.1, 0.15) is 18.1 Å². The number of anilines is 1. The van der Waals surface area contributed by atoms with Crippen molar-refractivity contribution in [3.63, 3.8) is 0 Å². The van der Waals surface area contributed by atoms with Gasteiger partial charge < -0.3 is 36.0 Å². The number of hydrogen-bond acceptors (Lipinski definition) is 11. The predicted molar refractivity (Wildman–Crippen MR) is 296 cm³/mol. The highest BCUT2D eigenvalue weighted by molar-refractivity contribution is 7.52. The average Bonchev–Trinajstić information content (AvgIpc) is 3.80. The first kappa shape index (κ1) is 57.7. The van der Waals surface area contributed by atoms with Crippen LogP contribution >= 0.6 is 7.60 Å². The molecule has 83 heavy (non-hydrogen) atoms.